The van der Waals surface area contributed by atoms with Gasteiger partial charge >= 0.3 is 6.03 Å². The van der Waals surface area contributed by atoms with Crippen molar-refractivity contribution in [3.63, 3.8) is 0 Å². The van der Waals surface area contributed by atoms with Gasteiger partial charge in [0.05, 0.1) is 27.9 Å². The van der Waals surface area contributed by atoms with E-state index >= 15 is 0 Å². The van der Waals surface area contributed by atoms with Crippen LogP contribution in [-0.2, 0) is 20.8 Å². The van der Waals surface area contributed by atoms with Crippen LogP contribution in [0.4, 0.5) is 16.2 Å². The predicted octanol–water partition coefficient (Wildman–Crippen LogP) is 2.16. The standard InChI is InChI=1S/C24H28N4O7/c1-33-18-10-4-15(22(34-2)23(18)35-3)5-11-19(29)26-16-6-8-17(9-7-16)27-20(30)12-13-28-21(31)14-25-24(28)32/h4,6-10H,5,11-14H2,1-3H3,(H,25,32)(H,26,29)(H,27,30). The summed E-state index contributed by atoms with van der Waals surface area (Å²) in [6.07, 6.45) is 0.630. The van der Waals surface area contributed by atoms with E-state index in [2.05, 4.69) is 16.0 Å². The number of benzene rings is 2. The van der Waals surface area contributed by atoms with Gasteiger partial charge in [-0.25, -0.2) is 4.79 Å². The first kappa shape index (κ1) is 25.3. The second-order valence-corrected chi connectivity index (χ2v) is 7.62. The number of hydrogen-bond donors (Lipinski definition) is 3. The highest BCUT2D eigenvalue weighted by Crippen LogP contribution is 2.40. The summed E-state index contributed by atoms with van der Waals surface area (Å²) in [5.41, 5.74) is 1.92. The quantitative estimate of drug-likeness (QED) is 0.416. The van der Waals surface area contributed by atoms with Gasteiger partial charge in [-0.05, 0) is 42.3 Å². The van der Waals surface area contributed by atoms with Crippen LogP contribution in [0, 0.1) is 0 Å². The third kappa shape index (κ3) is 6.40. The number of carbonyl (C=O) groups excluding carboxylic acids is 4. The Morgan fingerprint density at radius 1 is 0.857 bits per heavy atom. The summed E-state index contributed by atoms with van der Waals surface area (Å²) in [4.78, 5) is 48.6. The average molecular weight is 485 g/mol. The molecule has 5 amide bonds. The van der Waals surface area contributed by atoms with Gasteiger partial charge in [0.25, 0.3) is 0 Å². The third-order valence-electron chi connectivity index (χ3n) is 5.36. The zero-order valence-electron chi connectivity index (χ0n) is 19.8. The van der Waals surface area contributed by atoms with Crippen LogP contribution in [0.2, 0.25) is 0 Å². The summed E-state index contributed by atoms with van der Waals surface area (Å²) in [6.45, 7) is -0.0367. The predicted molar refractivity (Wildman–Crippen MR) is 128 cm³/mol. The maximum Gasteiger partial charge on any atom is 0.324 e. The lowest BCUT2D eigenvalue weighted by molar-refractivity contribution is -0.125. The molecule has 2 aromatic carbocycles. The summed E-state index contributed by atoms with van der Waals surface area (Å²) in [5, 5.41) is 7.92. The smallest absolute Gasteiger partial charge is 0.324 e. The number of amides is 5. The molecule has 35 heavy (non-hydrogen) atoms. The van der Waals surface area contributed by atoms with Gasteiger partial charge in [0.15, 0.2) is 11.5 Å². The molecule has 0 unspecified atom stereocenters. The number of aryl methyl sites for hydroxylation is 1. The van der Waals surface area contributed by atoms with Crippen LogP contribution in [0.1, 0.15) is 18.4 Å². The van der Waals surface area contributed by atoms with Crippen LogP contribution in [0.3, 0.4) is 0 Å². The number of urea groups is 1. The van der Waals surface area contributed by atoms with E-state index in [1.54, 1.807) is 30.3 Å². The first-order chi connectivity index (χ1) is 16.9. The molecule has 0 radical (unpaired) electrons. The summed E-state index contributed by atoms with van der Waals surface area (Å²) >= 11 is 0. The fourth-order valence-corrected chi connectivity index (χ4v) is 3.59. The molecule has 1 fully saturated rings. The van der Waals surface area contributed by atoms with Crippen molar-refractivity contribution in [1.29, 1.82) is 0 Å². The van der Waals surface area contributed by atoms with Crippen molar-refractivity contribution in [1.82, 2.24) is 10.2 Å². The first-order valence-electron chi connectivity index (χ1n) is 10.9. The number of nitrogens with one attached hydrogen (secondary N) is 3. The lowest BCUT2D eigenvalue weighted by Crippen LogP contribution is -2.33. The van der Waals surface area contributed by atoms with Crippen LogP contribution in [0.5, 0.6) is 17.2 Å². The number of imide groups is 1. The number of rotatable bonds is 11. The Bertz CT molecular complexity index is 1090. The van der Waals surface area contributed by atoms with E-state index in [1.165, 1.54) is 21.3 Å². The lowest BCUT2D eigenvalue weighted by atomic mass is 10.1. The van der Waals surface area contributed by atoms with Crippen molar-refractivity contribution < 1.29 is 33.4 Å². The number of carbonyl (C=O) groups is 4. The summed E-state index contributed by atoms with van der Waals surface area (Å²) in [5.74, 6) is 0.660. The van der Waals surface area contributed by atoms with Gasteiger partial charge in [0.1, 0.15) is 0 Å². The van der Waals surface area contributed by atoms with Gasteiger partial charge in [-0.15, -0.1) is 0 Å². The van der Waals surface area contributed by atoms with Crippen molar-refractivity contribution in [3.8, 4) is 17.2 Å². The first-order valence-corrected chi connectivity index (χ1v) is 10.9. The molecule has 3 N–H and O–H groups in total. The van der Waals surface area contributed by atoms with E-state index in [0.29, 0.717) is 35.0 Å². The number of nitrogens with zero attached hydrogens (tertiary/aromatic N) is 1. The molecule has 0 spiro atoms. The highest BCUT2D eigenvalue weighted by molar-refractivity contribution is 6.02. The molecule has 3 rings (SSSR count). The van der Waals surface area contributed by atoms with Gasteiger partial charge < -0.3 is 30.2 Å². The molecule has 0 aliphatic carbocycles. The van der Waals surface area contributed by atoms with Crippen molar-refractivity contribution in [2.24, 2.45) is 0 Å². The van der Waals surface area contributed by atoms with E-state index in [4.69, 9.17) is 14.2 Å². The van der Waals surface area contributed by atoms with E-state index in [1.807, 2.05) is 6.07 Å². The molecule has 1 aliphatic heterocycles. The highest BCUT2D eigenvalue weighted by Gasteiger charge is 2.28. The molecule has 11 nitrogen and oxygen atoms in total. The molecule has 186 valence electrons. The average Bonchev–Trinajstić information content (AvgIpc) is 3.18. The van der Waals surface area contributed by atoms with Gasteiger partial charge in [-0.1, -0.05) is 6.07 Å². The molecule has 0 saturated carbocycles. The third-order valence-corrected chi connectivity index (χ3v) is 5.36. The van der Waals surface area contributed by atoms with Crippen molar-refractivity contribution in [2.75, 3.05) is 45.1 Å². The van der Waals surface area contributed by atoms with E-state index in [9.17, 15) is 19.2 Å². The number of ether oxygens (including phenoxy) is 3. The maximum atomic E-state index is 12.4. The van der Waals surface area contributed by atoms with Crippen LogP contribution in [0.15, 0.2) is 36.4 Å². The van der Waals surface area contributed by atoms with Crippen molar-refractivity contribution in [3.05, 3.63) is 42.0 Å². The van der Waals surface area contributed by atoms with Gasteiger partial charge in [0, 0.05) is 30.8 Å². The fraction of sp³-hybridized carbons (Fsp3) is 0.333. The second kappa shape index (κ2) is 11.7. The highest BCUT2D eigenvalue weighted by atomic mass is 16.5. The zero-order valence-corrected chi connectivity index (χ0v) is 19.8. The lowest BCUT2D eigenvalue weighted by Gasteiger charge is -2.15. The minimum absolute atomic E-state index is 0.00942. The largest absolute Gasteiger partial charge is 0.493 e. The summed E-state index contributed by atoms with van der Waals surface area (Å²) in [7, 11) is 4.59. The Kier molecular flexibility index (Phi) is 8.49. The topological polar surface area (TPSA) is 135 Å². The minimum atomic E-state index is -0.493. The maximum absolute atomic E-state index is 12.4. The van der Waals surface area contributed by atoms with Gasteiger partial charge in [-0.3, -0.25) is 19.3 Å². The Morgan fingerprint density at radius 2 is 1.46 bits per heavy atom. The number of hydrogen-bond acceptors (Lipinski definition) is 7. The molecule has 1 aliphatic rings. The molecule has 11 heteroatoms. The van der Waals surface area contributed by atoms with E-state index in [-0.39, 0.29) is 43.7 Å². The Morgan fingerprint density at radius 3 is 1.97 bits per heavy atom. The summed E-state index contributed by atoms with van der Waals surface area (Å²) in [6, 6.07) is 9.74. The van der Waals surface area contributed by atoms with Crippen LogP contribution >= 0.6 is 0 Å². The molecule has 2 aromatic rings. The van der Waals surface area contributed by atoms with Crippen LogP contribution in [0.25, 0.3) is 0 Å². The molecular weight excluding hydrogens is 456 g/mol. The molecule has 1 saturated heterocycles. The van der Waals surface area contributed by atoms with Gasteiger partial charge in [-0.2, -0.15) is 0 Å². The molecule has 1 heterocycles. The van der Waals surface area contributed by atoms with Crippen LogP contribution < -0.4 is 30.2 Å². The Labute approximate surface area is 202 Å². The summed E-state index contributed by atoms with van der Waals surface area (Å²) < 4.78 is 16.1. The van der Waals surface area contributed by atoms with Crippen molar-refractivity contribution >= 4 is 35.1 Å². The SMILES string of the molecule is COc1ccc(CCC(=O)Nc2ccc(NC(=O)CCN3C(=O)CNC3=O)cc2)c(OC)c1OC. The minimum Gasteiger partial charge on any atom is -0.493 e. The van der Waals surface area contributed by atoms with E-state index < -0.39 is 6.03 Å². The second-order valence-electron chi connectivity index (χ2n) is 7.62. The zero-order chi connectivity index (χ0) is 25.4. The van der Waals surface area contributed by atoms with E-state index in [0.717, 1.165) is 10.5 Å². The number of methoxy groups -OCH3 is 3. The van der Waals surface area contributed by atoms with Gasteiger partial charge in [0.2, 0.25) is 23.5 Å². The molecular formula is C24H28N4O7. The normalized spacial score (nSPS) is 12.7. The number of anilines is 2. The molecule has 0 bridgehead atoms. The monoisotopic (exact) mass is 484 g/mol. The van der Waals surface area contributed by atoms with Crippen molar-refractivity contribution in [2.45, 2.75) is 19.3 Å². The fourth-order valence-electron chi connectivity index (χ4n) is 3.59. The Hall–Kier alpha value is -4.28. The Balaban J connectivity index is 1.49. The van der Waals surface area contributed by atoms with Crippen LogP contribution in [-0.4, -0.2) is 63.1 Å². The molecule has 0 atom stereocenters. The molecule has 0 aromatic heterocycles.